The van der Waals surface area contributed by atoms with Gasteiger partial charge in [0.25, 0.3) is 0 Å². The number of likely N-dealkylation sites (N-methyl/N-ethyl adjacent to an activating group) is 1. The third kappa shape index (κ3) is 19.5. The first-order valence-corrected chi connectivity index (χ1v) is 6.76. The smallest absolute Gasteiger partial charge is 0.397 e. The van der Waals surface area contributed by atoms with Crippen molar-refractivity contribution in [1.82, 2.24) is 4.90 Å². The fourth-order valence-electron chi connectivity index (χ4n) is 0.598. The molecule has 0 bridgehead atoms. The minimum Gasteiger partial charge on any atom is -0.461 e. The topological polar surface area (TPSA) is 119 Å². The van der Waals surface area contributed by atoms with E-state index in [2.05, 4.69) is 10.8 Å². The molecule has 0 radical (unpaired) electrons. The number of hydrogen-bond acceptors (Lipinski definition) is 7. The molecule has 114 valence electrons. The van der Waals surface area contributed by atoms with Crippen molar-refractivity contribution in [2.24, 2.45) is 5.73 Å². The maximum absolute atomic E-state index is 10.8. The van der Waals surface area contributed by atoms with E-state index in [-0.39, 0.29) is 19.1 Å². The van der Waals surface area contributed by atoms with Crippen LogP contribution in [0.15, 0.2) is 12.2 Å². The molecule has 0 heterocycles. The van der Waals surface area contributed by atoms with Gasteiger partial charge in [-0.05, 0) is 21.0 Å². The monoisotopic (exact) mass is 298 g/mol. The lowest BCUT2D eigenvalue weighted by Gasteiger charge is -2.09. The molecule has 9 heteroatoms. The van der Waals surface area contributed by atoms with Gasteiger partial charge in [-0.15, -0.1) is 0 Å². The summed E-state index contributed by atoms with van der Waals surface area (Å²) in [6.45, 7) is 6.17. The van der Waals surface area contributed by atoms with Crippen molar-refractivity contribution in [3.05, 3.63) is 12.2 Å². The number of nitrogens with two attached hydrogens (primary N) is 1. The molecule has 8 nitrogen and oxygen atoms in total. The molecule has 0 amide bonds. The van der Waals surface area contributed by atoms with E-state index in [0.717, 1.165) is 6.54 Å². The third-order valence-electron chi connectivity index (χ3n) is 1.47. The zero-order chi connectivity index (χ0) is 15.5. The lowest BCUT2D eigenvalue weighted by molar-refractivity contribution is -0.139. The van der Waals surface area contributed by atoms with E-state index in [1.165, 1.54) is 0 Å². The minimum absolute atomic E-state index is 0.0692. The highest BCUT2D eigenvalue weighted by Gasteiger charge is 2.01. The first-order valence-electron chi connectivity index (χ1n) is 5.39. The Morgan fingerprint density at radius 1 is 1.37 bits per heavy atom. The van der Waals surface area contributed by atoms with Gasteiger partial charge in [0.15, 0.2) is 0 Å². The van der Waals surface area contributed by atoms with Crippen LogP contribution >= 0.6 is 0 Å². The third-order valence-corrected chi connectivity index (χ3v) is 1.93. The van der Waals surface area contributed by atoms with Crippen LogP contribution in [0.4, 0.5) is 0 Å². The van der Waals surface area contributed by atoms with Crippen molar-refractivity contribution >= 4 is 16.4 Å². The first kappa shape index (κ1) is 20.3. The number of nitrogens with zero attached hydrogens (tertiary/aromatic N) is 1. The highest BCUT2D eigenvalue weighted by atomic mass is 32.3. The lowest BCUT2D eigenvalue weighted by Crippen LogP contribution is -2.20. The summed E-state index contributed by atoms with van der Waals surface area (Å²) in [6, 6.07) is 0. The molecule has 3 N–H and O–H groups in total. The van der Waals surface area contributed by atoms with Gasteiger partial charge in [0.05, 0.1) is 6.61 Å². The summed E-state index contributed by atoms with van der Waals surface area (Å²) in [5.41, 5.74) is 5.28. The summed E-state index contributed by atoms with van der Waals surface area (Å²) in [5.74, 6) is -0.313. The molecule has 0 saturated carbocycles. The van der Waals surface area contributed by atoms with E-state index in [1.54, 1.807) is 6.92 Å². The molecule has 0 spiro atoms. The maximum Gasteiger partial charge on any atom is 0.397 e. The van der Waals surface area contributed by atoms with Crippen LogP contribution in [0.5, 0.6) is 0 Å². The van der Waals surface area contributed by atoms with Crippen LogP contribution in [0.3, 0.4) is 0 Å². The molecular weight excluding hydrogens is 276 g/mol. The summed E-state index contributed by atoms with van der Waals surface area (Å²) in [7, 11) is -0.416. The van der Waals surface area contributed by atoms with Gasteiger partial charge in [-0.3, -0.25) is 4.55 Å². The Morgan fingerprint density at radius 2 is 1.89 bits per heavy atom. The summed E-state index contributed by atoms with van der Waals surface area (Å²) in [4.78, 5) is 12.7. The molecule has 0 saturated heterocycles. The van der Waals surface area contributed by atoms with Crippen LogP contribution in [-0.4, -0.2) is 64.2 Å². The molecule has 0 atom stereocenters. The highest BCUT2D eigenvalue weighted by molar-refractivity contribution is 7.80. The largest absolute Gasteiger partial charge is 0.461 e. The quantitative estimate of drug-likeness (QED) is 0.364. The van der Waals surface area contributed by atoms with Gasteiger partial charge in [-0.25, -0.2) is 8.98 Å². The van der Waals surface area contributed by atoms with E-state index < -0.39 is 10.4 Å². The molecule has 0 aromatic rings. The predicted octanol–water partition coefficient (Wildman–Crippen LogP) is -0.568. The van der Waals surface area contributed by atoms with Crippen LogP contribution in [0.25, 0.3) is 0 Å². The average Bonchev–Trinajstić information content (AvgIpc) is 2.25. The van der Waals surface area contributed by atoms with Gasteiger partial charge in [0.2, 0.25) is 0 Å². The van der Waals surface area contributed by atoms with Crippen LogP contribution in [0, 0.1) is 0 Å². The predicted molar refractivity (Wildman–Crippen MR) is 70.9 cm³/mol. The zero-order valence-electron chi connectivity index (χ0n) is 11.5. The van der Waals surface area contributed by atoms with E-state index in [4.69, 9.17) is 15.0 Å². The second-order valence-electron chi connectivity index (χ2n) is 3.76. The van der Waals surface area contributed by atoms with E-state index in [9.17, 15) is 13.2 Å². The van der Waals surface area contributed by atoms with E-state index >= 15 is 0 Å². The van der Waals surface area contributed by atoms with Crippen LogP contribution in [0.1, 0.15) is 6.92 Å². The number of rotatable bonds is 7. The summed E-state index contributed by atoms with van der Waals surface area (Å²) < 4.78 is 35.8. The average molecular weight is 298 g/mol. The number of carbonyl (C=O) groups is 1. The van der Waals surface area contributed by atoms with E-state index in [1.807, 2.05) is 19.0 Å². The van der Waals surface area contributed by atoms with Gasteiger partial charge < -0.3 is 15.4 Å². The number of hydrogen-bond donors (Lipinski definition) is 2. The molecule has 0 rings (SSSR count). The van der Waals surface area contributed by atoms with Crippen LogP contribution < -0.4 is 5.73 Å². The second-order valence-corrected chi connectivity index (χ2v) is 4.85. The molecular formula is C10H22N2O6S. The normalized spacial score (nSPS) is 10.6. The minimum atomic E-state index is -4.27. The Hall–Kier alpha value is -1.00. The molecule has 0 aliphatic heterocycles. The molecule has 0 aromatic heterocycles. The lowest BCUT2D eigenvalue weighted by atomic mass is 10.4. The fraction of sp³-hybridized carbons (Fsp3) is 0.700. The standard InChI is InChI=1S/C8H15NO2.C2H7NO4S/c1-7(2)8(10)11-6-5-9(3)4;3-1-2-7-8(4,5)6/h1,5-6H2,2-4H3;1-3H2,(H,4,5,6). The van der Waals surface area contributed by atoms with Crippen LogP contribution in [-0.2, 0) is 24.1 Å². The molecule has 0 aromatic carbocycles. The summed E-state index contributed by atoms with van der Waals surface area (Å²) in [6.07, 6.45) is 0. The molecule has 0 fully saturated rings. The Morgan fingerprint density at radius 3 is 2.16 bits per heavy atom. The Labute approximate surface area is 114 Å². The summed E-state index contributed by atoms with van der Waals surface area (Å²) in [5, 5.41) is 0. The van der Waals surface area contributed by atoms with Crippen molar-refractivity contribution in [3.63, 3.8) is 0 Å². The Bertz CT molecular complexity index is 366. The highest BCUT2D eigenvalue weighted by Crippen LogP contribution is 1.91. The first-order chi connectivity index (χ1) is 8.60. The molecule has 0 unspecified atom stereocenters. The fourth-order valence-corrected chi connectivity index (χ4v) is 0.904. The number of esters is 1. The summed E-state index contributed by atoms with van der Waals surface area (Å²) >= 11 is 0. The van der Waals surface area contributed by atoms with Crippen LogP contribution in [0.2, 0.25) is 0 Å². The van der Waals surface area contributed by atoms with Gasteiger partial charge in [0, 0.05) is 18.7 Å². The van der Waals surface area contributed by atoms with Gasteiger partial charge >= 0.3 is 16.4 Å². The van der Waals surface area contributed by atoms with Crippen molar-refractivity contribution in [1.29, 1.82) is 0 Å². The van der Waals surface area contributed by atoms with Crippen molar-refractivity contribution < 1.29 is 26.7 Å². The van der Waals surface area contributed by atoms with E-state index in [0.29, 0.717) is 12.2 Å². The Kier molecular flexibility index (Phi) is 11.6. The zero-order valence-corrected chi connectivity index (χ0v) is 12.3. The maximum atomic E-state index is 10.8. The van der Waals surface area contributed by atoms with Crippen molar-refractivity contribution in [2.75, 3.05) is 40.4 Å². The SMILES string of the molecule is C=C(C)C(=O)OCCN(C)C.NCCOS(=O)(=O)O. The molecule has 0 aliphatic rings. The van der Waals surface area contributed by atoms with Gasteiger partial charge in [-0.1, -0.05) is 6.58 Å². The van der Waals surface area contributed by atoms with Crippen molar-refractivity contribution in [3.8, 4) is 0 Å². The van der Waals surface area contributed by atoms with Crippen molar-refractivity contribution in [2.45, 2.75) is 6.92 Å². The second kappa shape index (κ2) is 10.9. The van der Waals surface area contributed by atoms with Gasteiger partial charge in [0.1, 0.15) is 6.61 Å². The Balaban J connectivity index is 0. The molecule has 19 heavy (non-hydrogen) atoms. The number of ether oxygens (including phenoxy) is 1. The number of carbonyl (C=O) groups excluding carboxylic acids is 1. The van der Waals surface area contributed by atoms with Gasteiger partial charge in [-0.2, -0.15) is 8.42 Å². The molecule has 0 aliphatic carbocycles.